The smallest absolute Gasteiger partial charge is 0.368 e. The van der Waals surface area contributed by atoms with E-state index < -0.39 is 11.7 Å². The fraction of sp³-hybridized carbons (Fsp3) is 0.550. The number of aryl methyl sites for hydroxylation is 2. The van der Waals surface area contributed by atoms with Crippen LogP contribution in [0.1, 0.15) is 50.7 Å². The largest absolute Gasteiger partial charge is 0.417 e. The van der Waals surface area contributed by atoms with Gasteiger partial charge in [0.15, 0.2) is 0 Å². The lowest BCUT2D eigenvalue weighted by molar-refractivity contribution is -0.137. The highest BCUT2D eigenvalue weighted by Gasteiger charge is 2.36. The molecule has 2 heterocycles. The molecule has 1 aliphatic rings. The predicted octanol–water partition coefficient (Wildman–Crippen LogP) is 5.44. The number of fused-ring (bicyclic) bond motifs is 1. The molecule has 1 atom stereocenters. The van der Waals surface area contributed by atoms with Crippen LogP contribution in [0.4, 0.5) is 18.9 Å². The number of aromatic nitrogens is 2. The van der Waals surface area contributed by atoms with Gasteiger partial charge >= 0.3 is 6.18 Å². The minimum absolute atomic E-state index is 0.231. The van der Waals surface area contributed by atoms with Gasteiger partial charge in [0.05, 0.1) is 11.8 Å². The molecule has 6 heteroatoms. The fourth-order valence-corrected chi connectivity index (χ4v) is 3.99. The number of benzene rings is 1. The zero-order valence-corrected chi connectivity index (χ0v) is 15.6. The van der Waals surface area contributed by atoms with Crippen LogP contribution in [-0.4, -0.2) is 22.4 Å². The first-order chi connectivity index (χ1) is 12.3. The van der Waals surface area contributed by atoms with Gasteiger partial charge in [-0.1, -0.05) is 20.3 Å². The maximum atomic E-state index is 13.8. The van der Waals surface area contributed by atoms with Crippen LogP contribution in [-0.2, 0) is 19.6 Å². The van der Waals surface area contributed by atoms with E-state index in [4.69, 9.17) is 0 Å². The lowest BCUT2D eigenvalue weighted by Crippen LogP contribution is -2.39. The molecule has 1 aromatic carbocycles. The quantitative estimate of drug-likeness (QED) is 0.704. The molecule has 0 fully saturated rings. The Kier molecular flexibility index (Phi) is 5.30. The third-order valence-electron chi connectivity index (χ3n) is 5.23. The van der Waals surface area contributed by atoms with Crippen molar-refractivity contribution >= 4 is 5.69 Å². The maximum Gasteiger partial charge on any atom is 0.417 e. The van der Waals surface area contributed by atoms with Gasteiger partial charge in [-0.05, 0) is 48.9 Å². The highest BCUT2D eigenvalue weighted by molar-refractivity contribution is 5.73. The maximum absolute atomic E-state index is 13.8. The molecule has 1 aliphatic heterocycles. The Morgan fingerprint density at radius 2 is 2.00 bits per heavy atom. The minimum atomic E-state index is -4.39. The number of rotatable bonds is 5. The van der Waals surface area contributed by atoms with Crippen molar-refractivity contribution in [1.29, 1.82) is 0 Å². The van der Waals surface area contributed by atoms with Crippen LogP contribution >= 0.6 is 0 Å². The highest BCUT2D eigenvalue weighted by Crippen LogP contribution is 2.43. The summed E-state index contributed by atoms with van der Waals surface area (Å²) in [5.74, 6) is 0. The number of hydrogen-bond donors (Lipinski definition) is 0. The first-order valence-electron chi connectivity index (χ1n) is 9.34. The zero-order chi connectivity index (χ0) is 18.9. The molecule has 0 bridgehead atoms. The Labute approximate surface area is 152 Å². The van der Waals surface area contributed by atoms with Crippen molar-refractivity contribution in [3.05, 3.63) is 35.7 Å². The summed E-state index contributed by atoms with van der Waals surface area (Å²) in [6.45, 7) is 5.07. The molecule has 0 spiro atoms. The second-order valence-corrected chi connectivity index (χ2v) is 7.07. The minimum Gasteiger partial charge on any atom is -0.368 e. The molecule has 0 amide bonds. The van der Waals surface area contributed by atoms with Gasteiger partial charge in [-0.15, -0.1) is 0 Å². The van der Waals surface area contributed by atoms with E-state index in [0.717, 1.165) is 49.9 Å². The van der Waals surface area contributed by atoms with Gasteiger partial charge in [0.2, 0.25) is 0 Å². The second kappa shape index (κ2) is 7.33. The van der Waals surface area contributed by atoms with Crippen molar-refractivity contribution in [3.8, 4) is 11.1 Å². The highest BCUT2D eigenvalue weighted by atomic mass is 19.4. The molecule has 1 unspecified atom stereocenters. The van der Waals surface area contributed by atoms with Crippen LogP contribution in [0.25, 0.3) is 11.1 Å². The van der Waals surface area contributed by atoms with E-state index in [-0.39, 0.29) is 5.56 Å². The molecule has 3 rings (SSSR count). The van der Waals surface area contributed by atoms with E-state index in [1.54, 1.807) is 19.3 Å². The van der Waals surface area contributed by atoms with Crippen molar-refractivity contribution in [2.24, 2.45) is 7.05 Å². The summed E-state index contributed by atoms with van der Waals surface area (Å²) in [7, 11) is 1.72. The molecule has 0 radical (unpaired) electrons. The van der Waals surface area contributed by atoms with Gasteiger partial charge in [0.1, 0.15) is 0 Å². The number of alkyl halides is 3. The summed E-state index contributed by atoms with van der Waals surface area (Å²) < 4.78 is 43.0. The van der Waals surface area contributed by atoms with E-state index in [9.17, 15) is 13.2 Å². The van der Waals surface area contributed by atoms with Crippen LogP contribution in [0.3, 0.4) is 0 Å². The third-order valence-corrected chi connectivity index (χ3v) is 5.23. The van der Waals surface area contributed by atoms with Crippen molar-refractivity contribution in [2.75, 3.05) is 11.4 Å². The van der Waals surface area contributed by atoms with Crippen LogP contribution in [0.15, 0.2) is 24.5 Å². The summed E-state index contributed by atoms with van der Waals surface area (Å²) in [5.41, 5.74) is 1.95. The first-order valence-corrected chi connectivity index (χ1v) is 9.34. The van der Waals surface area contributed by atoms with E-state index >= 15 is 0 Å². The van der Waals surface area contributed by atoms with E-state index in [2.05, 4.69) is 23.8 Å². The summed E-state index contributed by atoms with van der Waals surface area (Å²) in [6.07, 6.45) is 3.53. The van der Waals surface area contributed by atoms with Gasteiger partial charge in [-0.2, -0.15) is 18.3 Å². The van der Waals surface area contributed by atoms with Gasteiger partial charge in [-0.25, -0.2) is 0 Å². The van der Waals surface area contributed by atoms with Crippen LogP contribution in [0.5, 0.6) is 0 Å². The van der Waals surface area contributed by atoms with E-state index in [1.165, 1.54) is 16.9 Å². The Hall–Kier alpha value is -1.98. The number of halogens is 3. The van der Waals surface area contributed by atoms with Crippen molar-refractivity contribution in [2.45, 2.75) is 58.2 Å². The molecule has 0 saturated heterocycles. The van der Waals surface area contributed by atoms with Crippen LogP contribution in [0.2, 0.25) is 0 Å². The van der Waals surface area contributed by atoms with Gasteiger partial charge in [0.25, 0.3) is 0 Å². The van der Waals surface area contributed by atoms with Crippen molar-refractivity contribution in [3.63, 3.8) is 0 Å². The molecule has 0 aliphatic carbocycles. The third kappa shape index (κ3) is 3.60. The summed E-state index contributed by atoms with van der Waals surface area (Å²) in [6, 6.07) is 3.40. The van der Waals surface area contributed by atoms with Gasteiger partial charge in [0, 0.05) is 37.1 Å². The Balaban J connectivity index is 2.14. The Bertz CT molecular complexity index is 764. The van der Waals surface area contributed by atoms with E-state index in [1.807, 2.05) is 0 Å². The SMILES string of the molecule is CCCC(CC)N1CCCc2cc(-c3cnn(C)c3)c(C(F)(F)F)cc21. The average molecular weight is 365 g/mol. The molecule has 3 nitrogen and oxygen atoms in total. The number of nitrogens with zero attached hydrogens (tertiary/aromatic N) is 3. The van der Waals surface area contributed by atoms with E-state index in [0.29, 0.717) is 11.6 Å². The van der Waals surface area contributed by atoms with Crippen LogP contribution in [0, 0.1) is 0 Å². The van der Waals surface area contributed by atoms with Crippen molar-refractivity contribution < 1.29 is 13.2 Å². The molecular weight excluding hydrogens is 339 g/mol. The second-order valence-electron chi connectivity index (χ2n) is 7.07. The Morgan fingerprint density at radius 1 is 1.23 bits per heavy atom. The molecule has 26 heavy (non-hydrogen) atoms. The fourth-order valence-electron chi connectivity index (χ4n) is 3.99. The van der Waals surface area contributed by atoms with Crippen LogP contribution < -0.4 is 4.90 Å². The number of hydrogen-bond acceptors (Lipinski definition) is 2. The topological polar surface area (TPSA) is 21.1 Å². The molecule has 2 aromatic rings. The zero-order valence-electron chi connectivity index (χ0n) is 15.6. The molecule has 1 aromatic heterocycles. The standard InChI is InChI=1S/C20H26F3N3/c1-4-7-16(5-2)26-9-6-8-14-10-17(15-12-24-25(3)13-15)18(11-19(14)26)20(21,22)23/h10-13,16H,4-9H2,1-3H3. The lowest BCUT2D eigenvalue weighted by Gasteiger charge is -2.38. The molecule has 0 N–H and O–H groups in total. The van der Waals surface area contributed by atoms with Gasteiger partial charge < -0.3 is 4.90 Å². The monoisotopic (exact) mass is 365 g/mol. The number of anilines is 1. The Morgan fingerprint density at radius 3 is 2.58 bits per heavy atom. The summed E-state index contributed by atoms with van der Waals surface area (Å²) in [4.78, 5) is 2.20. The normalized spacial score (nSPS) is 15.8. The summed E-state index contributed by atoms with van der Waals surface area (Å²) in [5, 5.41) is 4.05. The molecule has 142 valence electrons. The van der Waals surface area contributed by atoms with Crippen molar-refractivity contribution in [1.82, 2.24) is 9.78 Å². The molecular formula is C20H26F3N3. The summed E-state index contributed by atoms with van der Waals surface area (Å²) >= 11 is 0. The average Bonchev–Trinajstić information content (AvgIpc) is 3.03. The first kappa shape index (κ1) is 18.8. The van der Waals surface area contributed by atoms with Gasteiger partial charge in [-0.3, -0.25) is 4.68 Å². The molecule has 0 saturated carbocycles. The predicted molar refractivity (Wildman–Crippen MR) is 98.3 cm³/mol. The lowest BCUT2D eigenvalue weighted by atomic mass is 9.91.